The van der Waals surface area contributed by atoms with Crippen molar-refractivity contribution in [3.05, 3.63) is 0 Å². The largest absolute Gasteiger partial charge is 0.316 e. The average molecular weight is 273 g/mol. The summed E-state index contributed by atoms with van der Waals surface area (Å²) >= 11 is 0. The second-order valence-electron chi connectivity index (χ2n) is 6.62. The van der Waals surface area contributed by atoms with Crippen LogP contribution in [0.3, 0.4) is 0 Å². The highest BCUT2D eigenvalue weighted by atomic mass is 16.2. The van der Waals surface area contributed by atoms with Crippen molar-refractivity contribution in [2.45, 2.75) is 40.0 Å². The summed E-state index contributed by atoms with van der Waals surface area (Å²) in [6, 6.07) is 3.86. The van der Waals surface area contributed by atoms with Gasteiger partial charge in [-0.05, 0) is 18.3 Å². The molecule has 0 radical (unpaired) electrons. The zero-order chi connectivity index (χ0) is 15.2. The third kappa shape index (κ3) is 1.47. The standard InChI is InChI=1S/C15H19N3O2/c1-13(2)14(3)4-5-15(13,10-11(14)19)12(20)18(8-6-16)9-7-17/h4-5,8-10H2,1-3H3/t14-,15-/m0/s1. The van der Waals surface area contributed by atoms with Crippen LogP contribution in [-0.4, -0.2) is 29.7 Å². The molecule has 2 atom stereocenters. The Hall–Kier alpha value is -1.88. The number of fused-ring (bicyclic) bond motifs is 2. The van der Waals surface area contributed by atoms with Crippen molar-refractivity contribution in [2.75, 3.05) is 13.1 Å². The molecular weight excluding hydrogens is 254 g/mol. The quantitative estimate of drug-likeness (QED) is 0.732. The normalized spacial score (nSPS) is 33.5. The molecule has 0 unspecified atom stereocenters. The first-order valence-corrected chi connectivity index (χ1v) is 6.83. The van der Waals surface area contributed by atoms with Crippen LogP contribution >= 0.6 is 0 Å². The number of amides is 1. The molecular formula is C15H19N3O2. The first-order chi connectivity index (χ1) is 9.27. The van der Waals surface area contributed by atoms with Crippen LogP contribution in [0, 0.1) is 38.9 Å². The van der Waals surface area contributed by atoms with Crippen LogP contribution in [0.25, 0.3) is 0 Å². The zero-order valence-electron chi connectivity index (χ0n) is 12.2. The number of nitriles is 2. The molecule has 2 rings (SSSR count). The summed E-state index contributed by atoms with van der Waals surface area (Å²) in [5.41, 5.74) is -1.64. The van der Waals surface area contributed by atoms with E-state index < -0.39 is 16.2 Å². The lowest BCUT2D eigenvalue weighted by atomic mass is 9.64. The number of carbonyl (C=O) groups excluding carboxylic acids is 2. The minimum atomic E-state index is -0.744. The van der Waals surface area contributed by atoms with Crippen molar-refractivity contribution < 1.29 is 9.59 Å². The van der Waals surface area contributed by atoms with Crippen LogP contribution in [0.4, 0.5) is 0 Å². The summed E-state index contributed by atoms with van der Waals surface area (Å²) in [4.78, 5) is 26.5. The van der Waals surface area contributed by atoms with Crippen molar-refractivity contribution in [1.29, 1.82) is 10.5 Å². The van der Waals surface area contributed by atoms with E-state index in [0.717, 1.165) is 0 Å². The van der Waals surface area contributed by atoms with Crippen LogP contribution in [0.2, 0.25) is 0 Å². The first-order valence-electron chi connectivity index (χ1n) is 6.83. The first kappa shape index (κ1) is 14.5. The lowest BCUT2D eigenvalue weighted by Crippen LogP contribution is -2.49. The molecule has 5 nitrogen and oxygen atoms in total. The summed E-state index contributed by atoms with van der Waals surface area (Å²) in [7, 11) is 0. The van der Waals surface area contributed by atoms with Gasteiger partial charge in [0.05, 0.1) is 17.6 Å². The third-order valence-corrected chi connectivity index (χ3v) is 5.93. The monoisotopic (exact) mass is 273 g/mol. The Labute approximate surface area is 119 Å². The van der Waals surface area contributed by atoms with Gasteiger partial charge in [-0.25, -0.2) is 0 Å². The van der Waals surface area contributed by atoms with Gasteiger partial charge in [0.2, 0.25) is 5.91 Å². The highest BCUT2D eigenvalue weighted by Gasteiger charge is 2.72. The van der Waals surface area contributed by atoms with Crippen LogP contribution in [0.15, 0.2) is 0 Å². The molecule has 20 heavy (non-hydrogen) atoms. The number of hydrogen-bond acceptors (Lipinski definition) is 4. The average Bonchev–Trinajstić information content (AvgIpc) is 2.68. The second-order valence-corrected chi connectivity index (χ2v) is 6.62. The molecule has 0 spiro atoms. The fraction of sp³-hybridized carbons (Fsp3) is 0.733. The van der Waals surface area contributed by atoms with E-state index in [1.165, 1.54) is 4.90 Å². The Balaban J connectivity index is 2.42. The smallest absolute Gasteiger partial charge is 0.231 e. The van der Waals surface area contributed by atoms with E-state index in [1.807, 2.05) is 32.9 Å². The maximum Gasteiger partial charge on any atom is 0.231 e. The molecule has 5 heteroatoms. The molecule has 0 aromatic carbocycles. The Kier molecular flexibility index (Phi) is 3.13. The molecule has 106 valence electrons. The van der Waals surface area contributed by atoms with Crippen LogP contribution in [-0.2, 0) is 9.59 Å². The molecule has 2 fully saturated rings. The van der Waals surface area contributed by atoms with E-state index in [1.54, 1.807) is 0 Å². The van der Waals surface area contributed by atoms with Gasteiger partial charge in [0.15, 0.2) is 0 Å². The maximum absolute atomic E-state index is 12.9. The summed E-state index contributed by atoms with van der Waals surface area (Å²) in [6.45, 7) is 5.68. The van der Waals surface area contributed by atoms with Crippen LogP contribution in [0.5, 0.6) is 0 Å². The van der Waals surface area contributed by atoms with Gasteiger partial charge >= 0.3 is 0 Å². The van der Waals surface area contributed by atoms with Gasteiger partial charge in [-0.15, -0.1) is 0 Å². The van der Waals surface area contributed by atoms with Crippen LogP contribution < -0.4 is 0 Å². The Morgan fingerprint density at radius 2 is 1.75 bits per heavy atom. The molecule has 0 aromatic heterocycles. The number of Topliss-reactive ketones (excluding diaryl/α,β-unsaturated/α-hetero) is 1. The molecule has 2 aliphatic carbocycles. The Morgan fingerprint density at radius 3 is 2.10 bits per heavy atom. The highest BCUT2D eigenvalue weighted by molar-refractivity contribution is 5.99. The van der Waals surface area contributed by atoms with E-state index in [-0.39, 0.29) is 31.2 Å². The molecule has 0 N–H and O–H groups in total. The molecule has 0 aliphatic heterocycles. The summed E-state index contributed by atoms with van der Waals surface area (Å²) in [5, 5.41) is 17.7. The molecule has 0 aromatic rings. The van der Waals surface area contributed by atoms with Crippen molar-refractivity contribution >= 4 is 11.7 Å². The number of ketones is 1. The van der Waals surface area contributed by atoms with Crippen molar-refractivity contribution in [2.24, 2.45) is 16.2 Å². The summed E-state index contributed by atoms with van der Waals surface area (Å²) in [5.74, 6) is -0.0730. The van der Waals surface area contributed by atoms with E-state index in [0.29, 0.717) is 12.8 Å². The summed E-state index contributed by atoms with van der Waals surface area (Å²) < 4.78 is 0. The molecule has 2 bridgehead atoms. The number of rotatable bonds is 3. The van der Waals surface area contributed by atoms with Gasteiger partial charge in [0.25, 0.3) is 0 Å². The van der Waals surface area contributed by atoms with Crippen LogP contribution in [0.1, 0.15) is 40.0 Å². The van der Waals surface area contributed by atoms with E-state index in [2.05, 4.69) is 0 Å². The van der Waals surface area contributed by atoms with Gasteiger partial charge in [0.1, 0.15) is 18.9 Å². The van der Waals surface area contributed by atoms with Crippen molar-refractivity contribution in [1.82, 2.24) is 4.90 Å². The fourth-order valence-corrected chi connectivity index (χ4v) is 4.01. The molecule has 0 saturated heterocycles. The SMILES string of the molecule is CC1(C)[C@@]2(C(=O)N(CC#N)CC#N)CC[C@@]1(C)C(=O)C2. The molecule has 0 heterocycles. The van der Waals surface area contributed by atoms with Crippen molar-refractivity contribution in [3.63, 3.8) is 0 Å². The maximum atomic E-state index is 12.9. The minimum absolute atomic E-state index is 0.102. The van der Waals surface area contributed by atoms with E-state index in [9.17, 15) is 9.59 Å². The zero-order valence-corrected chi connectivity index (χ0v) is 12.2. The van der Waals surface area contributed by atoms with Gasteiger partial charge < -0.3 is 4.90 Å². The molecule has 2 saturated carbocycles. The second kappa shape index (κ2) is 4.31. The topological polar surface area (TPSA) is 85.0 Å². The van der Waals surface area contributed by atoms with Crippen molar-refractivity contribution in [3.8, 4) is 12.1 Å². The predicted octanol–water partition coefficient (Wildman–Crippen LogP) is 1.65. The fourth-order valence-electron chi connectivity index (χ4n) is 4.01. The summed E-state index contributed by atoms with van der Waals surface area (Å²) in [6.07, 6.45) is 1.61. The Bertz CT molecular complexity index is 538. The number of carbonyl (C=O) groups is 2. The number of hydrogen-bond donors (Lipinski definition) is 0. The molecule has 2 aliphatic rings. The van der Waals surface area contributed by atoms with E-state index >= 15 is 0 Å². The third-order valence-electron chi connectivity index (χ3n) is 5.93. The lowest BCUT2D eigenvalue weighted by molar-refractivity contribution is -0.146. The number of nitrogens with zero attached hydrogens (tertiary/aromatic N) is 3. The lowest BCUT2D eigenvalue weighted by Gasteiger charge is -2.40. The van der Waals surface area contributed by atoms with Gasteiger partial charge in [-0.3, -0.25) is 9.59 Å². The van der Waals surface area contributed by atoms with Gasteiger partial charge in [-0.1, -0.05) is 20.8 Å². The van der Waals surface area contributed by atoms with Gasteiger partial charge in [0, 0.05) is 11.8 Å². The van der Waals surface area contributed by atoms with E-state index in [4.69, 9.17) is 10.5 Å². The highest BCUT2D eigenvalue weighted by Crippen LogP contribution is 2.70. The molecule has 1 amide bonds. The minimum Gasteiger partial charge on any atom is -0.316 e. The van der Waals surface area contributed by atoms with Gasteiger partial charge in [-0.2, -0.15) is 10.5 Å². The predicted molar refractivity (Wildman–Crippen MR) is 71.0 cm³/mol. The Morgan fingerprint density at radius 1 is 1.20 bits per heavy atom.